The first-order valence-electron chi connectivity index (χ1n) is 10.1. The van der Waals surface area contributed by atoms with Crippen LogP contribution in [0.25, 0.3) is 0 Å². The zero-order chi connectivity index (χ0) is 21.3. The summed E-state index contributed by atoms with van der Waals surface area (Å²) in [5, 5.41) is 2.94. The topological polar surface area (TPSA) is 97.0 Å². The first-order chi connectivity index (χ1) is 14.4. The van der Waals surface area contributed by atoms with Crippen molar-refractivity contribution in [3.63, 3.8) is 0 Å². The van der Waals surface area contributed by atoms with E-state index in [4.69, 9.17) is 5.73 Å². The van der Waals surface area contributed by atoms with E-state index in [1.165, 1.54) is 5.56 Å². The molecule has 0 radical (unpaired) electrons. The molecular formula is C23H26N6O. The summed E-state index contributed by atoms with van der Waals surface area (Å²) in [5.41, 5.74) is 12.2. The van der Waals surface area contributed by atoms with Crippen LogP contribution in [0.2, 0.25) is 0 Å². The molecule has 7 nitrogen and oxygen atoms in total. The van der Waals surface area contributed by atoms with Crippen LogP contribution in [0.3, 0.4) is 0 Å². The van der Waals surface area contributed by atoms with E-state index in [-0.39, 0.29) is 5.91 Å². The normalized spacial score (nSPS) is 13.3. The lowest BCUT2D eigenvalue weighted by molar-refractivity contribution is 0.102. The summed E-state index contributed by atoms with van der Waals surface area (Å²) in [7, 11) is 0. The van der Waals surface area contributed by atoms with E-state index in [0.717, 1.165) is 41.2 Å². The molecule has 0 aliphatic carbocycles. The highest BCUT2D eigenvalue weighted by molar-refractivity contribution is 6.03. The summed E-state index contributed by atoms with van der Waals surface area (Å²) in [4.78, 5) is 27.8. The zero-order valence-electron chi connectivity index (χ0n) is 17.5. The standard InChI is InChI=1S/C23H26N6O/c1-14(2)16-4-6-18(7-5-16)27-22(30)20-10-21(15(3)11-25-20)29-9-8-19-17(13-29)12-26-23(24)28-19/h4-7,10-12,14H,8-9,13H2,1-3H3,(H,27,30)(H2,24,26,28). The SMILES string of the molecule is Cc1cnc(C(=O)Nc2ccc(C(C)C)cc2)cc1N1CCc2nc(N)ncc2C1. The van der Waals surface area contributed by atoms with Crippen molar-refractivity contribution >= 4 is 23.2 Å². The van der Waals surface area contributed by atoms with Gasteiger partial charge in [0.25, 0.3) is 5.91 Å². The third kappa shape index (κ3) is 4.10. The number of rotatable bonds is 4. The molecule has 0 unspecified atom stereocenters. The van der Waals surface area contributed by atoms with Gasteiger partial charge in [-0.3, -0.25) is 9.78 Å². The van der Waals surface area contributed by atoms with Crippen molar-refractivity contribution in [3.8, 4) is 0 Å². The Kier molecular flexibility index (Phi) is 5.35. The molecule has 30 heavy (non-hydrogen) atoms. The van der Waals surface area contributed by atoms with E-state index in [0.29, 0.717) is 24.1 Å². The van der Waals surface area contributed by atoms with Gasteiger partial charge in [-0.2, -0.15) is 0 Å². The Morgan fingerprint density at radius 1 is 1.17 bits per heavy atom. The number of nitrogens with two attached hydrogens (primary N) is 1. The number of amides is 1. The van der Waals surface area contributed by atoms with Gasteiger partial charge in [0.15, 0.2) is 0 Å². The number of carbonyl (C=O) groups is 1. The summed E-state index contributed by atoms with van der Waals surface area (Å²) < 4.78 is 0. The molecule has 0 fully saturated rings. The summed E-state index contributed by atoms with van der Waals surface area (Å²) in [6, 6.07) is 9.78. The Morgan fingerprint density at radius 3 is 2.67 bits per heavy atom. The van der Waals surface area contributed by atoms with Crippen molar-refractivity contribution in [2.45, 2.75) is 39.7 Å². The molecule has 0 saturated heterocycles. The fourth-order valence-corrected chi connectivity index (χ4v) is 3.66. The number of anilines is 3. The van der Waals surface area contributed by atoms with Gasteiger partial charge >= 0.3 is 0 Å². The van der Waals surface area contributed by atoms with Crippen LogP contribution in [0.5, 0.6) is 0 Å². The second-order valence-electron chi connectivity index (χ2n) is 7.96. The highest BCUT2D eigenvalue weighted by Gasteiger charge is 2.21. The molecule has 0 saturated carbocycles. The quantitative estimate of drug-likeness (QED) is 0.691. The number of fused-ring (bicyclic) bond motifs is 1. The molecule has 1 amide bonds. The monoisotopic (exact) mass is 402 g/mol. The molecule has 3 heterocycles. The van der Waals surface area contributed by atoms with Crippen LogP contribution >= 0.6 is 0 Å². The summed E-state index contributed by atoms with van der Waals surface area (Å²) in [6.45, 7) is 7.77. The second kappa shape index (κ2) is 8.10. The average molecular weight is 403 g/mol. The van der Waals surface area contributed by atoms with Crippen LogP contribution < -0.4 is 16.0 Å². The minimum Gasteiger partial charge on any atom is -0.368 e. The van der Waals surface area contributed by atoms with E-state index in [1.807, 2.05) is 37.3 Å². The maximum atomic E-state index is 12.8. The summed E-state index contributed by atoms with van der Waals surface area (Å²) >= 11 is 0. The number of hydrogen-bond acceptors (Lipinski definition) is 6. The number of nitrogens with zero attached hydrogens (tertiary/aromatic N) is 4. The van der Waals surface area contributed by atoms with Gasteiger partial charge in [0.1, 0.15) is 5.69 Å². The van der Waals surface area contributed by atoms with Crippen LogP contribution in [-0.2, 0) is 13.0 Å². The van der Waals surface area contributed by atoms with Gasteiger partial charge in [-0.15, -0.1) is 0 Å². The van der Waals surface area contributed by atoms with Crippen molar-refractivity contribution < 1.29 is 4.79 Å². The van der Waals surface area contributed by atoms with Crippen molar-refractivity contribution in [2.24, 2.45) is 0 Å². The smallest absolute Gasteiger partial charge is 0.274 e. The lowest BCUT2D eigenvalue weighted by atomic mass is 10.0. The van der Waals surface area contributed by atoms with Gasteiger partial charge in [-0.05, 0) is 42.2 Å². The molecule has 2 aromatic heterocycles. The minimum atomic E-state index is -0.220. The maximum Gasteiger partial charge on any atom is 0.274 e. The number of aryl methyl sites for hydroxylation is 1. The molecule has 3 N–H and O–H groups in total. The van der Waals surface area contributed by atoms with E-state index in [9.17, 15) is 4.79 Å². The molecule has 4 rings (SSSR count). The van der Waals surface area contributed by atoms with Crippen LogP contribution in [0.4, 0.5) is 17.3 Å². The molecule has 3 aromatic rings. The van der Waals surface area contributed by atoms with Crippen LogP contribution in [0, 0.1) is 6.92 Å². The predicted octanol–water partition coefficient (Wildman–Crippen LogP) is 3.70. The highest BCUT2D eigenvalue weighted by atomic mass is 16.1. The van der Waals surface area contributed by atoms with E-state index < -0.39 is 0 Å². The molecular weight excluding hydrogens is 376 g/mol. The minimum absolute atomic E-state index is 0.220. The van der Waals surface area contributed by atoms with E-state index in [1.54, 1.807) is 12.4 Å². The van der Waals surface area contributed by atoms with Crippen LogP contribution in [-0.4, -0.2) is 27.4 Å². The highest BCUT2D eigenvalue weighted by Crippen LogP contribution is 2.27. The van der Waals surface area contributed by atoms with Gasteiger partial charge < -0.3 is 16.0 Å². The number of hydrogen-bond donors (Lipinski definition) is 2. The second-order valence-corrected chi connectivity index (χ2v) is 7.96. The lowest BCUT2D eigenvalue weighted by Gasteiger charge is -2.31. The number of pyridine rings is 1. The third-order valence-electron chi connectivity index (χ3n) is 5.44. The summed E-state index contributed by atoms with van der Waals surface area (Å²) in [5.74, 6) is 0.539. The molecule has 0 bridgehead atoms. The molecule has 1 aliphatic rings. The maximum absolute atomic E-state index is 12.8. The molecule has 1 aromatic carbocycles. The average Bonchev–Trinajstić information content (AvgIpc) is 2.74. The first kappa shape index (κ1) is 19.8. The number of benzene rings is 1. The lowest BCUT2D eigenvalue weighted by Crippen LogP contribution is -2.32. The van der Waals surface area contributed by atoms with Gasteiger partial charge in [0.2, 0.25) is 5.95 Å². The van der Waals surface area contributed by atoms with Crippen molar-refractivity contribution in [2.75, 3.05) is 22.5 Å². The zero-order valence-corrected chi connectivity index (χ0v) is 17.5. The number of aromatic nitrogens is 3. The van der Waals surface area contributed by atoms with Gasteiger partial charge in [0.05, 0.1) is 5.69 Å². The van der Waals surface area contributed by atoms with Gasteiger partial charge in [-0.1, -0.05) is 26.0 Å². The Balaban J connectivity index is 1.53. The molecule has 0 spiro atoms. The Morgan fingerprint density at radius 2 is 1.93 bits per heavy atom. The largest absolute Gasteiger partial charge is 0.368 e. The predicted molar refractivity (Wildman–Crippen MR) is 119 cm³/mol. The van der Waals surface area contributed by atoms with Crippen molar-refractivity contribution in [1.29, 1.82) is 0 Å². The van der Waals surface area contributed by atoms with Crippen LogP contribution in [0.1, 0.15) is 52.6 Å². The van der Waals surface area contributed by atoms with E-state index in [2.05, 4.69) is 39.0 Å². The number of nitrogens with one attached hydrogen (secondary N) is 1. The summed E-state index contributed by atoms with van der Waals surface area (Å²) in [6.07, 6.45) is 4.32. The fraction of sp³-hybridized carbons (Fsp3) is 0.304. The Labute approximate surface area is 176 Å². The molecule has 0 atom stereocenters. The molecule has 7 heteroatoms. The number of carbonyl (C=O) groups excluding carboxylic acids is 1. The van der Waals surface area contributed by atoms with Crippen LogP contribution in [0.15, 0.2) is 42.7 Å². The van der Waals surface area contributed by atoms with Crippen molar-refractivity contribution in [3.05, 3.63) is 70.8 Å². The molecule has 154 valence electrons. The Hall–Kier alpha value is -3.48. The number of nitrogen functional groups attached to an aromatic ring is 1. The van der Waals surface area contributed by atoms with Crippen molar-refractivity contribution in [1.82, 2.24) is 15.0 Å². The van der Waals surface area contributed by atoms with Gasteiger partial charge in [-0.25, -0.2) is 9.97 Å². The third-order valence-corrected chi connectivity index (χ3v) is 5.44. The molecule has 1 aliphatic heterocycles. The Bertz CT molecular complexity index is 1080. The first-order valence-corrected chi connectivity index (χ1v) is 10.1. The fourth-order valence-electron chi connectivity index (χ4n) is 3.66. The van der Waals surface area contributed by atoms with Gasteiger partial charge in [0, 0.05) is 48.8 Å². The van der Waals surface area contributed by atoms with E-state index >= 15 is 0 Å².